The number of rotatable bonds is 6. The van der Waals surface area contributed by atoms with Gasteiger partial charge in [-0.2, -0.15) is 0 Å². The Labute approximate surface area is 151 Å². The van der Waals surface area contributed by atoms with Gasteiger partial charge in [-0.15, -0.1) is 0 Å². The van der Waals surface area contributed by atoms with Crippen LogP contribution in [0.25, 0.3) is 0 Å². The van der Waals surface area contributed by atoms with Gasteiger partial charge in [-0.05, 0) is 25.0 Å². The molecule has 142 valence electrons. The first-order valence-corrected chi connectivity index (χ1v) is 8.84. The van der Waals surface area contributed by atoms with E-state index in [9.17, 15) is 23.2 Å². The SMILES string of the molecule is CC(C)C(=O)NC1CCCN(C(=O)CCC(=O)c2ccc(F)cc2F)C1. The predicted octanol–water partition coefficient (Wildman–Crippen LogP) is 2.69. The van der Waals surface area contributed by atoms with E-state index in [1.807, 2.05) is 0 Å². The third kappa shape index (κ3) is 5.34. The van der Waals surface area contributed by atoms with Crippen molar-refractivity contribution >= 4 is 17.6 Å². The van der Waals surface area contributed by atoms with Crippen LogP contribution in [0.5, 0.6) is 0 Å². The van der Waals surface area contributed by atoms with Crippen LogP contribution in [0.15, 0.2) is 18.2 Å². The lowest BCUT2D eigenvalue weighted by atomic mass is 10.0. The van der Waals surface area contributed by atoms with Gasteiger partial charge in [0.1, 0.15) is 11.6 Å². The van der Waals surface area contributed by atoms with Crippen LogP contribution in [0, 0.1) is 17.6 Å². The van der Waals surface area contributed by atoms with Crippen molar-refractivity contribution in [3.63, 3.8) is 0 Å². The van der Waals surface area contributed by atoms with Gasteiger partial charge in [0.05, 0.1) is 5.56 Å². The average molecular weight is 366 g/mol. The number of hydrogen-bond donors (Lipinski definition) is 1. The molecule has 0 saturated carbocycles. The van der Waals surface area contributed by atoms with Crippen LogP contribution in [0.3, 0.4) is 0 Å². The summed E-state index contributed by atoms with van der Waals surface area (Å²) in [7, 11) is 0. The molecule has 0 aromatic heterocycles. The fourth-order valence-electron chi connectivity index (χ4n) is 2.92. The van der Waals surface area contributed by atoms with Crippen LogP contribution in [-0.2, 0) is 9.59 Å². The van der Waals surface area contributed by atoms with E-state index in [0.29, 0.717) is 19.2 Å². The van der Waals surface area contributed by atoms with Crippen molar-refractivity contribution in [3.05, 3.63) is 35.4 Å². The number of amides is 2. The number of Topliss-reactive ketones (excluding diaryl/α,β-unsaturated/α-hetero) is 1. The van der Waals surface area contributed by atoms with Crippen LogP contribution < -0.4 is 5.32 Å². The Morgan fingerprint density at radius 1 is 1.23 bits per heavy atom. The first kappa shape index (κ1) is 20.0. The van der Waals surface area contributed by atoms with Crippen LogP contribution in [-0.4, -0.2) is 41.6 Å². The number of hydrogen-bond acceptors (Lipinski definition) is 3. The molecule has 1 heterocycles. The van der Waals surface area contributed by atoms with Crippen LogP contribution in [0.1, 0.15) is 49.9 Å². The van der Waals surface area contributed by atoms with E-state index in [4.69, 9.17) is 0 Å². The highest BCUT2D eigenvalue weighted by atomic mass is 19.1. The Hall–Kier alpha value is -2.31. The molecule has 1 saturated heterocycles. The van der Waals surface area contributed by atoms with Gasteiger partial charge in [-0.1, -0.05) is 13.8 Å². The molecule has 1 atom stereocenters. The molecule has 0 bridgehead atoms. The zero-order valence-electron chi connectivity index (χ0n) is 15.1. The summed E-state index contributed by atoms with van der Waals surface area (Å²) in [5.41, 5.74) is -0.208. The number of nitrogens with one attached hydrogen (secondary N) is 1. The van der Waals surface area contributed by atoms with Crippen molar-refractivity contribution < 1.29 is 23.2 Å². The second kappa shape index (κ2) is 8.87. The van der Waals surface area contributed by atoms with Crippen molar-refractivity contribution in [1.29, 1.82) is 0 Å². The highest BCUT2D eigenvalue weighted by Gasteiger charge is 2.25. The van der Waals surface area contributed by atoms with Crippen molar-refractivity contribution in [1.82, 2.24) is 10.2 Å². The quantitative estimate of drug-likeness (QED) is 0.787. The van der Waals surface area contributed by atoms with E-state index in [0.717, 1.165) is 25.0 Å². The number of carbonyl (C=O) groups is 3. The molecular weight excluding hydrogens is 342 g/mol. The van der Waals surface area contributed by atoms with E-state index in [1.54, 1.807) is 18.7 Å². The third-order valence-corrected chi connectivity index (χ3v) is 4.44. The molecule has 0 spiro atoms. The number of carbonyl (C=O) groups excluding carboxylic acids is 3. The minimum Gasteiger partial charge on any atom is -0.351 e. The summed E-state index contributed by atoms with van der Waals surface area (Å²) >= 11 is 0. The lowest BCUT2D eigenvalue weighted by Crippen LogP contribution is -2.50. The molecule has 2 rings (SSSR count). The minimum absolute atomic E-state index is 0.0412. The molecule has 1 fully saturated rings. The van der Waals surface area contributed by atoms with E-state index in [2.05, 4.69) is 5.32 Å². The molecule has 1 N–H and O–H groups in total. The number of benzene rings is 1. The molecule has 2 amide bonds. The average Bonchev–Trinajstić information content (AvgIpc) is 2.59. The van der Waals surface area contributed by atoms with Gasteiger partial charge in [0.15, 0.2) is 5.78 Å². The summed E-state index contributed by atoms with van der Waals surface area (Å²) in [6.45, 7) is 4.60. The standard InChI is InChI=1S/C19H24F2N2O3/c1-12(2)19(26)22-14-4-3-9-23(11-14)18(25)8-7-17(24)15-6-5-13(20)10-16(15)21/h5-6,10,12,14H,3-4,7-9,11H2,1-2H3,(H,22,26). The molecule has 5 nitrogen and oxygen atoms in total. The first-order valence-electron chi connectivity index (χ1n) is 8.84. The summed E-state index contributed by atoms with van der Waals surface area (Å²) in [5, 5.41) is 2.92. The van der Waals surface area contributed by atoms with E-state index < -0.39 is 17.4 Å². The molecule has 0 radical (unpaired) electrons. The van der Waals surface area contributed by atoms with Crippen molar-refractivity contribution in [2.24, 2.45) is 5.92 Å². The highest BCUT2D eigenvalue weighted by Crippen LogP contribution is 2.16. The maximum Gasteiger partial charge on any atom is 0.223 e. The number of nitrogens with zero attached hydrogens (tertiary/aromatic N) is 1. The molecule has 1 aromatic rings. The van der Waals surface area contributed by atoms with Gasteiger partial charge in [0.25, 0.3) is 0 Å². The second-order valence-electron chi connectivity index (χ2n) is 6.89. The zero-order valence-corrected chi connectivity index (χ0v) is 15.1. The molecular formula is C19H24F2N2O3. The van der Waals surface area contributed by atoms with Gasteiger partial charge in [0.2, 0.25) is 11.8 Å². The van der Waals surface area contributed by atoms with Crippen LogP contribution in [0.2, 0.25) is 0 Å². The number of likely N-dealkylation sites (tertiary alicyclic amines) is 1. The number of piperidine rings is 1. The molecule has 1 aliphatic heterocycles. The maximum absolute atomic E-state index is 13.6. The second-order valence-corrected chi connectivity index (χ2v) is 6.89. The largest absolute Gasteiger partial charge is 0.351 e. The van der Waals surface area contributed by atoms with E-state index in [1.165, 1.54) is 0 Å². The summed E-state index contributed by atoms with van der Waals surface area (Å²) in [6, 6.07) is 2.68. The van der Waals surface area contributed by atoms with Gasteiger partial charge in [-0.3, -0.25) is 14.4 Å². The minimum atomic E-state index is -0.920. The van der Waals surface area contributed by atoms with E-state index >= 15 is 0 Å². The summed E-state index contributed by atoms with van der Waals surface area (Å²) in [6.07, 6.45) is 1.40. The van der Waals surface area contributed by atoms with Crippen LogP contribution in [0.4, 0.5) is 8.78 Å². The van der Waals surface area contributed by atoms with Gasteiger partial charge in [-0.25, -0.2) is 8.78 Å². The summed E-state index contributed by atoms with van der Waals surface area (Å²) < 4.78 is 26.5. The maximum atomic E-state index is 13.6. The normalized spacial score (nSPS) is 17.3. The van der Waals surface area contributed by atoms with Crippen molar-refractivity contribution in [2.75, 3.05) is 13.1 Å². The lowest BCUT2D eigenvalue weighted by Gasteiger charge is -2.33. The molecule has 1 aromatic carbocycles. The van der Waals surface area contributed by atoms with Gasteiger partial charge in [0, 0.05) is 44.0 Å². The predicted molar refractivity (Wildman–Crippen MR) is 92.5 cm³/mol. The summed E-state index contributed by atoms with van der Waals surface area (Å²) in [4.78, 5) is 37.8. The number of halogens is 2. The molecule has 1 aliphatic rings. The Bertz CT molecular complexity index is 691. The third-order valence-electron chi connectivity index (χ3n) is 4.44. The smallest absolute Gasteiger partial charge is 0.223 e. The van der Waals surface area contributed by atoms with Crippen molar-refractivity contribution in [3.8, 4) is 0 Å². The Balaban J connectivity index is 1.87. The molecule has 1 unspecified atom stereocenters. The zero-order chi connectivity index (χ0) is 19.3. The first-order chi connectivity index (χ1) is 12.3. The molecule has 7 heteroatoms. The lowest BCUT2D eigenvalue weighted by molar-refractivity contribution is -0.134. The Morgan fingerprint density at radius 2 is 1.96 bits per heavy atom. The van der Waals surface area contributed by atoms with E-state index in [-0.39, 0.29) is 42.2 Å². The van der Waals surface area contributed by atoms with Crippen molar-refractivity contribution in [2.45, 2.75) is 45.6 Å². The Kier molecular flexibility index (Phi) is 6.83. The monoisotopic (exact) mass is 366 g/mol. The fraction of sp³-hybridized carbons (Fsp3) is 0.526. The Morgan fingerprint density at radius 3 is 2.62 bits per heavy atom. The fourth-order valence-corrected chi connectivity index (χ4v) is 2.92. The highest BCUT2D eigenvalue weighted by molar-refractivity contribution is 5.98. The van der Waals surface area contributed by atoms with Gasteiger partial charge >= 0.3 is 0 Å². The van der Waals surface area contributed by atoms with Crippen LogP contribution >= 0.6 is 0 Å². The molecule has 26 heavy (non-hydrogen) atoms. The van der Waals surface area contributed by atoms with Gasteiger partial charge < -0.3 is 10.2 Å². The summed E-state index contributed by atoms with van der Waals surface area (Å²) in [5.74, 6) is -2.58. The topological polar surface area (TPSA) is 66.5 Å². The molecule has 0 aliphatic carbocycles. The number of ketones is 1.